The van der Waals surface area contributed by atoms with Crippen molar-refractivity contribution in [2.75, 3.05) is 0 Å². The Morgan fingerprint density at radius 3 is 1.54 bits per heavy atom. The Balaban J connectivity index is 0.986. The molecule has 0 saturated carbocycles. The summed E-state index contributed by atoms with van der Waals surface area (Å²) < 4.78 is 12.8. The molecular weight excluding hydrogens is 657 g/mol. The van der Waals surface area contributed by atoms with Crippen LogP contribution in [0.3, 0.4) is 0 Å². The molecule has 0 unspecified atom stereocenters. The summed E-state index contributed by atoms with van der Waals surface area (Å²) in [6.07, 6.45) is 0. The van der Waals surface area contributed by atoms with Gasteiger partial charge in [0.1, 0.15) is 22.3 Å². The van der Waals surface area contributed by atoms with Crippen molar-refractivity contribution in [2.24, 2.45) is 0 Å². The van der Waals surface area contributed by atoms with E-state index in [1.165, 1.54) is 60.1 Å². The summed E-state index contributed by atoms with van der Waals surface area (Å²) in [7, 11) is 0. The number of rotatable bonds is 3. The van der Waals surface area contributed by atoms with Crippen LogP contribution in [-0.2, 0) is 0 Å². The Hall–Kier alpha value is -7.16. The number of hydrogen-bond acceptors (Lipinski definition) is 2. The Morgan fingerprint density at radius 1 is 0.259 bits per heavy atom. The highest BCUT2D eigenvalue weighted by atomic mass is 16.3. The van der Waals surface area contributed by atoms with Crippen LogP contribution in [0, 0.1) is 0 Å². The molecule has 54 heavy (non-hydrogen) atoms. The van der Waals surface area contributed by atoms with E-state index in [2.05, 4.69) is 170 Å². The average Bonchev–Trinajstić information content (AvgIpc) is 3.81. The summed E-state index contributed by atoms with van der Waals surface area (Å²) >= 11 is 0. The van der Waals surface area contributed by atoms with E-state index in [1.807, 2.05) is 12.1 Å². The standard InChI is InChI=1S/C52H30O2/c1-2-10-34-29-36(22-19-31(34)9-1)50-39-13-5-3-11-37(39)49(38-12-4-6-14-40(38)50)33-20-17-32(18-21-33)35-23-27-47-45(30-35)43-25-24-41-42(52(43)54-47)26-28-48-51(41)44-15-7-8-16-46(44)53-48/h1-30H. The van der Waals surface area contributed by atoms with Crippen LogP contribution in [0.2, 0.25) is 0 Å². The molecule has 2 heterocycles. The first kappa shape index (κ1) is 29.4. The highest BCUT2D eigenvalue weighted by Gasteiger charge is 2.18. The zero-order valence-electron chi connectivity index (χ0n) is 29.1. The number of fused-ring (bicyclic) bond motifs is 12. The third-order valence-electron chi connectivity index (χ3n) is 11.4. The van der Waals surface area contributed by atoms with Crippen molar-refractivity contribution in [2.45, 2.75) is 0 Å². The Morgan fingerprint density at radius 2 is 0.778 bits per heavy atom. The topological polar surface area (TPSA) is 26.3 Å². The summed E-state index contributed by atoms with van der Waals surface area (Å²) in [6, 6.07) is 65.7. The molecule has 0 saturated heterocycles. The molecule has 2 heteroatoms. The lowest BCUT2D eigenvalue weighted by atomic mass is 9.85. The lowest BCUT2D eigenvalue weighted by Gasteiger charge is -2.18. The molecule has 0 fully saturated rings. The number of para-hydroxylation sites is 1. The summed E-state index contributed by atoms with van der Waals surface area (Å²) in [5.41, 5.74) is 10.9. The van der Waals surface area contributed by atoms with Gasteiger partial charge in [-0.05, 0) is 114 Å². The number of furan rings is 2. The van der Waals surface area contributed by atoms with E-state index in [1.54, 1.807) is 0 Å². The van der Waals surface area contributed by atoms with Gasteiger partial charge in [0.15, 0.2) is 0 Å². The van der Waals surface area contributed by atoms with E-state index in [0.29, 0.717) is 0 Å². The zero-order chi connectivity index (χ0) is 35.3. The largest absolute Gasteiger partial charge is 0.456 e. The van der Waals surface area contributed by atoms with Gasteiger partial charge in [0.25, 0.3) is 0 Å². The van der Waals surface area contributed by atoms with Crippen molar-refractivity contribution in [3.8, 4) is 33.4 Å². The van der Waals surface area contributed by atoms with E-state index in [0.717, 1.165) is 60.2 Å². The highest BCUT2D eigenvalue weighted by Crippen LogP contribution is 2.45. The lowest BCUT2D eigenvalue weighted by Crippen LogP contribution is -1.91. The fraction of sp³-hybridized carbons (Fsp3) is 0. The van der Waals surface area contributed by atoms with Gasteiger partial charge >= 0.3 is 0 Å². The minimum atomic E-state index is 0.888. The van der Waals surface area contributed by atoms with E-state index in [9.17, 15) is 0 Å². The van der Waals surface area contributed by atoms with Crippen LogP contribution >= 0.6 is 0 Å². The molecule has 0 aliphatic carbocycles. The fourth-order valence-corrected chi connectivity index (χ4v) is 8.97. The van der Waals surface area contributed by atoms with Crippen LogP contribution in [-0.4, -0.2) is 0 Å². The average molecular weight is 687 g/mol. The second-order valence-corrected chi connectivity index (χ2v) is 14.4. The van der Waals surface area contributed by atoms with Gasteiger partial charge in [0.05, 0.1) is 0 Å². The minimum absolute atomic E-state index is 0.888. The molecule has 0 aliphatic heterocycles. The van der Waals surface area contributed by atoms with Gasteiger partial charge in [-0.15, -0.1) is 0 Å². The first-order chi connectivity index (χ1) is 26.8. The van der Waals surface area contributed by atoms with E-state index < -0.39 is 0 Å². The molecule has 0 bridgehead atoms. The van der Waals surface area contributed by atoms with E-state index >= 15 is 0 Å². The van der Waals surface area contributed by atoms with Gasteiger partial charge in [-0.2, -0.15) is 0 Å². The van der Waals surface area contributed by atoms with Gasteiger partial charge in [-0.1, -0.05) is 140 Å². The number of hydrogen-bond donors (Lipinski definition) is 0. The molecule has 0 aliphatic rings. The van der Waals surface area contributed by atoms with Gasteiger partial charge in [0.2, 0.25) is 0 Å². The van der Waals surface area contributed by atoms with Crippen LogP contribution in [0.1, 0.15) is 0 Å². The predicted molar refractivity (Wildman–Crippen MR) is 227 cm³/mol. The van der Waals surface area contributed by atoms with Crippen LogP contribution in [0.4, 0.5) is 0 Å². The maximum atomic E-state index is 6.58. The second-order valence-electron chi connectivity index (χ2n) is 14.4. The molecule has 0 atom stereocenters. The molecule has 250 valence electrons. The first-order valence-corrected chi connectivity index (χ1v) is 18.5. The van der Waals surface area contributed by atoms with Crippen molar-refractivity contribution in [3.63, 3.8) is 0 Å². The van der Waals surface area contributed by atoms with Gasteiger partial charge in [-0.25, -0.2) is 0 Å². The molecule has 10 aromatic carbocycles. The summed E-state index contributed by atoms with van der Waals surface area (Å²) in [6.45, 7) is 0. The van der Waals surface area contributed by atoms with Crippen molar-refractivity contribution < 1.29 is 8.83 Å². The van der Waals surface area contributed by atoms with Crippen molar-refractivity contribution in [3.05, 3.63) is 182 Å². The molecule has 12 rings (SSSR count). The molecule has 2 nitrogen and oxygen atoms in total. The fourth-order valence-electron chi connectivity index (χ4n) is 8.97. The SMILES string of the molecule is c1ccc2cc(-c3c4ccccc4c(-c4ccc(-c5ccc6oc7c(ccc8c7ccc7oc9ccccc9c78)c6c5)cc4)c4ccccc34)ccc2c1. The summed E-state index contributed by atoms with van der Waals surface area (Å²) in [5, 5.41) is 14.3. The molecule has 0 N–H and O–H groups in total. The molecule has 12 aromatic rings. The maximum Gasteiger partial charge on any atom is 0.143 e. The third-order valence-corrected chi connectivity index (χ3v) is 11.4. The van der Waals surface area contributed by atoms with Crippen molar-refractivity contribution in [1.82, 2.24) is 0 Å². The van der Waals surface area contributed by atoms with Crippen LogP contribution in [0.25, 0.3) is 120 Å². The Bertz CT molecular complexity index is 3430. The predicted octanol–water partition coefficient (Wildman–Crippen LogP) is 15.1. The summed E-state index contributed by atoms with van der Waals surface area (Å²) in [5.74, 6) is 0. The Kier molecular flexibility index (Phi) is 6.09. The Labute approximate surface area is 310 Å². The van der Waals surface area contributed by atoms with E-state index in [-0.39, 0.29) is 0 Å². The molecule has 0 amide bonds. The molecule has 0 spiro atoms. The van der Waals surface area contributed by atoms with Gasteiger partial charge in [-0.3, -0.25) is 0 Å². The van der Waals surface area contributed by atoms with Crippen LogP contribution in [0.5, 0.6) is 0 Å². The zero-order valence-corrected chi connectivity index (χ0v) is 29.1. The normalized spacial score (nSPS) is 12.1. The third kappa shape index (κ3) is 4.22. The second kappa shape index (κ2) is 11.2. The molecule has 0 radical (unpaired) electrons. The van der Waals surface area contributed by atoms with Crippen molar-refractivity contribution >= 4 is 87.0 Å². The molecule has 2 aromatic heterocycles. The lowest BCUT2D eigenvalue weighted by molar-refractivity contribution is 0.669. The van der Waals surface area contributed by atoms with Crippen LogP contribution in [0.15, 0.2) is 191 Å². The first-order valence-electron chi connectivity index (χ1n) is 18.5. The van der Waals surface area contributed by atoms with Crippen molar-refractivity contribution in [1.29, 1.82) is 0 Å². The number of benzene rings is 10. The minimum Gasteiger partial charge on any atom is -0.456 e. The quantitative estimate of drug-likeness (QED) is 0.173. The smallest absolute Gasteiger partial charge is 0.143 e. The van der Waals surface area contributed by atoms with Gasteiger partial charge < -0.3 is 8.83 Å². The molecular formula is C52H30O2. The maximum absolute atomic E-state index is 6.58. The van der Waals surface area contributed by atoms with Crippen LogP contribution < -0.4 is 0 Å². The summed E-state index contributed by atoms with van der Waals surface area (Å²) in [4.78, 5) is 0. The van der Waals surface area contributed by atoms with Gasteiger partial charge in [0, 0.05) is 26.9 Å². The van der Waals surface area contributed by atoms with E-state index in [4.69, 9.17) is 8.83 Å². The highest BCUT2D eigenvalue weighted by molar-refractivity contribution is 6.25. The monoisotopic (exact) mass is 686 g/mol.